The number of hydrogen-bond donors (Lipinski definition) is 1. The lowest BCUT2D eigenvalue weighted by molar-refractivity contribution is -0.147. The third-order valence-corrected chi connectivity index (χ3v) is 13.1. The SMILES string of the molecule is Cc1cc2cc(C(c3ccc(C)c(CN4CC5(CCOCC5)Oc5nc(OCCN6CCCC6)c(C)cc5S4(=O)=O)c3)C(C)(C)C(=O)O)n(C)c2nn1. The first-order chi connectivity index (χ1) is 25.2. The highest BCUT2D eigenvalue weighted by Gasteiger charge is 2.46. The van der Waals surface area contributed by atoms with Crippen LogP contribution in [-0.4, -0.2) is 100 Å². The Kier molecular flexibility index (Phi) is 10.0. The van der Waals surface area contributed by atoms with Crippen LogP contribution in [0.2, 0.25) is 0 Å². The molecule has 3 aromatic heterocycles. The summed E-state index contributed by atoms with van der Waals surface area (Å²) in [6.07, 6.45) is 3.37. The second-order valence-electron chi connectivity index (χ2n) is 15.5. The highest BCUT2D eigenvalue weighted by atomic mass is 32.2. The molecule has 1 atom stereocenters. The topological polar surface area (TPSA) is 149 Å². The fraction of sp³-hybridized carbons (Fsp3) is 0.538. The van der Waals surface area contributed by atoms with Gasteiger partial charge < -0.3 is 23.9 Å². The van der Waals surface area contributed by atoms with Crippen molar-refractivity contribution in [1.29, 1.82) is 0 Å². The molecule has 3 aliphatic rings. The van der Waals surface area contributed by atoms with E-state index in [-0.39, 0.29) is 23.9 Å². The van der Waals surface area contributed by atoms with Gasteiger partial charge in [-0.1, -0.05) is 18.2 Å². The first-order valence-corrected chi connectivity index (χ1v) is 19.9. The first-order valence-electron chi connectivity index (χ1n) is 18.4. The number of hydrogen-bond acceptors (Lipinski definition) is 10. The van der Waals surface area contributed by atoms with Crippen LogP contribution in [0.15, 0.2) is 41.3 Å². The Morgan fingerprint density at radius 2 is 1.77 bits per heavy atom. The van der Waals surface area contributed by atoms with Crippen LogP contribution in [0.5, 0.6) is 11.8 Å². The molecule has 7 rings (SSSR count). The minimum Gasteiger partial charge on any atom is -0.481 e. The Balaban J connectivity index is 1.27. The number of fused-ring (bicyclic) bond motifs is 2. The molecule has 13 nitrogen and oxygen atoms in total. The molecular formula is C39H50N6O7S. The number of benzene rings is 1. The maximum Gasteiger partial charge on any atom is 0.310 e. The second kappa shape index (κ2) is 14.3. The van der Waals surface area contributed by atoms with Crippen LogP contribution in [-0.2, 0) is 33.1 Å². The fourth-order valence-electron chi connectivity index (χ4n) is 8.00. The van der Waals surface area contributed by atoms with Crippen molar-refractivity contribution in [3.8, 4) is 11.8 Å². The van der Waals surface area contributed by atoms with Crippen molar-refractivity contribution in [1.82, 2.24) is 29.0 Å². The Morgan fingerprint density at radius 1 is 1.04 bits per heavy atom. The predicted octanol–water partition coefficient (Wildman–Crippen LogP) is 5.14. The van der Waals surface area contributed by atoms with Gasteiger partial charge in [0.25, 0.3) is 0 Å². The van der Waals surface area contributed by atoms with Crippen molar-refractivity contribution in [2.45, 2.75) is 83.3 Å². The Labute approximate surface area is 311 Å². The number of aliphatic carboxylic acids is 1. The van der Waals surface area contributed by atoms with Crippen LogP contribution in [0.25, 0.3) is 11.0 Å². The van der Waals surface area contributed by atoms with Gasteiger partial charge in [-0.15, -0.1) is 5.10 Å². The van der Waals surface area contributed by atoms with Crippen molar-refractivity contribution in [2.24, 2.45) is 12.5 Å². The number of rotatable bonds is 10. The van der Waals surface area contributed by atoms with E-state index in [9.17, 15) is 18.3 Å². The van der Waals surface area contributed by atoms with Gasteiger partial charge in [-0.3, -0.25) is 9.69 Å². The quantitative estimate of drug-likeness (QED) is 0.230. The summed E-state index contributed by atoms with van der Waals surface area (Å²) in [6, 6.07) is 11.4. The van der Waals surface area contributed by atoms with Gasteiger partial charge >= 0.3 is 5.97 Å². The van der Waals surface area contributed by atoms with Gasteiger partial charge in [0.2, 0.25) is 21.8 Å². The van der Waals surface area contributed by atoms with Crippen LogP contribution >= 0.6 is 0 Å². The molecule has 1 N–H and O–H groups in total. The normalized spacial score (nSPS) is 19.5. The third-order valence-electron chi connectivity index (χ3n) is 11.3. The smallest absolute Gasteiger partial charge is 0.310 e. The molecule has 1 spiro atoms. The maximum absolute atomic E-state index is 14.7. The van der Waals surface area contributed by atoms with Crippen molar-refractivity contribution in [3.05, 3.63) is 70.0 Å². The van der Waals surface area contributed by atoms with Crippen molar-refractivity contribution in [2.75, 3.05) is 46.0 Å². The van der Waals surface area contributed by atoms with Gasteiger partial charge in [-0.25, -0.2) is 8.42 Å². The number of likely N-dealkylation sites (tertiary alicyclic amines) is 1. The minimum absolute atomic E-state index is 0.0101. The van der Waals surface area contributed by atoms with E-state index in [4.69, 9.17) is 19.2 Å². The molecule has 1 aromatic carbocycles. The standard InChI is InChI=1S/C39H50N6O7S/c1-25-9-10-28(33(38(4,5)37(46)47)31-22-29-20-27(3)41-42-34(29)43(31)6)21-30(25)23-45-24-39(11-16-50-17-12-39)52-36-32(53(45,48)49)19-26(2)35(40-36)51-18-15-44-13-7-8-14-44/h9-10,19-22,33H,7-8,11-18,23-24H2,1-6H3,(H,46,47). The van der Waals surface area contributed by atoms with Gasteiger partial charge in [0.15, 0.2) is 5.65 Å². The largest absolute Gasteiger partial charge is 0.481 e. The zero-order valence-corrected chi connectivity index (χ0v) is 32.3. The number of sulfonamides is 1. The summed E-state index contributed by atoms with van der Waals surface area (Å²) in [5.41, 5.74) is 3.13. The lowest BCUT2D eigenvalue weighted by atomic mass is 9.72. The molecule has 0 saturated carbocycles. The molecule has 284 valence electrons. The van der Waals surface area contributed by atoms with Crippen LogP contribution in [0.1, 0.15) is 79.1 Å². The van der Waals surface area contributed by atoms with Crippen LogP contribution in [0.3, 0.4) is 0 Å². The van der Waals surface area contributed by atoms with E-state index in [0.29, 0.717) is 49.8 Å². The molecule has 3 aliphatic heterocycles. The summed E-state index contributed by atoms with van der Waals surface area (Å²) in [5, 5.41) is 20.0. The molecule has 0 aliphatic carbocycles. The lowest BCUT2D eigenvalue weighted by Crippen LogP contribution is -2.50. The van der Waals surface area contributed by atoms with Crippen LogP contribution in [0.4, 0.5) is 0 Å². The van der Waals surface area contributed by atoms with E-state index in [0.717, 1.165) is 53.1 Å². The average molecular weight is 747 g/mol. The van der Waals surface area contributed by atoms with E-state index in [1.807, 2.05) is 62.7 Å². The van der Waals surface area contributed by atoms with E-state index < -0.39 is 32.9 Å². The van der Waals surface area contributed by atoms with Crippen molar-refractivity contribution < 1.29 is 32.5 Å². The second-order valence-corrected chi connectivity index (χ2v) is 17.4. The highest BCUT2D eigenvalue weighted by Crippen LogP contribution is 2.44. The summed E-state index contributed by atoms with van der Waals surface area (Å²) in [4.78, 5) is 19.9. The summed E-state index contributed by atoms with van der Waals surface area (Å²) >= 11 is 0. The zero-order chi connectivity index (χ0) is 37.7. The lowest BCUT2D eigenvalue weighted by Gasteiger charge is -2.38. The van der Waals surface area contributed by atoms with Gasteiger partial charge in [0.05, 0.1) is 30.9 Å². The number of pyridine rings is 1. The number of carbonyl (C=O) groups is 1. The van der Waals surface area contributed by atoms with Crippen LogP contribution in [0, 0.1) is 26.2 Å². The molecule has 6 heterocycles. The molecule has 14 heteroatoms. The summed E-state index contributed by atoms with van der Waals surface area (Å²) in [6.45, 7) is 13.4. The van der Waals surface area contributed by atoms with E-state index >= 15 is 0 Å². The summed E-state index contributed by atoms with van der Waals surface area (Å²) in [7, 11) is -2.24. The number of carboxylic acid groups (broad SMARTS) is 1. The molecule has 0 radical (unpaired) electrons. The Bertz CT molecular complexity index is 2140. The molecule has 53 heavy (non-hydrogen) atoms. The predicted molar refractivity (Wildman–Crippen MR) is 199 cm³/mol. The number of ether oxygens (including phenoxy) is 3. The first kappa shape index (κ1) is 37.2. The van der Waals surface area contributed by atoms with Crippen molar-refractivity contribution >= 4 is 27.0 Å². The summed E-state index contributed by atoms with van der Waals surface area (Å²) < 4.78 is 51.3. The molecule has 2 fully saturated rings. The third kappa shape index (κ3) is 7.13. The summed E-state index contributed by atoms with van der Waals surface area (Å²) in [5.74, 6) is -1.12. The average Bonchev–Trinajstić information content (AvgIpc) is 3.72. The Morgan fingerprint density at radius 3 is 2.49 bits per heavy atom. The number of carboxylic acids is 1. The monoisotopic (exact) mass is 746 g/mol. The van der Waals surface area contributed by atoms with E-state index in [1.54, 1.807) is 19.9 Å². The molecule has 2 saturated heterocycles. The van der Waals surface area contributed by atoms with Gasteiger partial charge in [0.1, 0.15) is 17.1 Å². The van der Waals surface area contributed by atoms with Gasteiger partial charge in [0, 0.05) is 55.5 Å². The Hall–Kier alpha value is -4.11. The highest BCUT2D eigenvalue weighted by molar-refractivity contribution is 7.89. The molecular weight excluding hydrogens is 697 g/mol. The minimum atomic E-state index is -4.11. The van der Waals surface area contributed by atoms with E-state index in [1.165, 1.54) is 17.1 Å². The molecule has 0 bridgehead atoms. The molecule has 1 unspecified atom stereocenters. The number of aryl methyl sites for hydroxylation is 4. The fourth-order valence-corrected chi connectivity index (χ4v) is 9.63. The van der Waals surface area contributed by atoms with E-state index in [2.05, 4.69) is 15.1 Å². The van der Waals surface area contributed by atoms with Crippen LogP contribution < -0.4 is 9.47 Å². The number of aromatic nitrogens is 4. The van der Waals surface area contributed by atoms with Gasteiger partial charge in [-0.2, -0.15) is 14.4 Å². The molecule has 0 amide bonds. The van der Waals surface area contributed by atoms with Crippen molar-refractivity contribution in [3.63, 3.8) is 0 Å². The van der Waals surface area contributed by atoms with Gasteiger partial charge in [-0.05, 0) is 95.4 Å². The maximum atomic E-state index is 14.7. The number of nitrogens with zero attached hydrogens (tertiary/aromatic N) is 6. The molecule has 4 aromatic rings. The zero-order valence-electron chi connectivity index (χ0n) is 31.5.